The number of imidazole rings is 1. The number of nitriles is 1. The van der Waals surface area contributed by atoms with Gasteiger partial charge in [-0.1, -0.05) is 37.1 Å². The van der Waals surface area contributed by atoms with Gasteiger partial charge in [-0.15, -0.1) is 0 Å². The van der Waals surface area contributed by atoms with Gasteiger partial charge in [-0.25, -0.2) is 13.4 Å². The molecule has 4 aromatic rings. The highest BCUT2D eigenvalue weighted by molar-refractivity contribution is 7.91. The van der Waals surface area contributed by atoms with Gasteiger partial charge in [0.15, 0.2) is 0 Å². The molecule has 0 spiro atoms. The molecule has 5 rings (SSSR count). The zero-order valence-electron chi connectivity index (χ0n) is 19.0. The van der Waals surface area contributed by atoms with E-state index in [0.717, 1.165) is 42.5 Å². The summed E-state index contributed by atoms with van der Waals surface area (Å²) in [5.74, 6) is -0.227. The van der Waals surface area contributed by atoms with Gasteiger partial charge in [-0.3, -0.25) is 4.79 Å². The molecule has 2 aromatic carbocycles. The number of fused-ring (bicyclic) bond motifs is 1. The number of carbonyl (C=O) groups excluding carboxylic acids is 1. The van der Waals surface area contributed by atoms with Crippen LogP contribution < -0.4 is 5.32 Å². The van der Waals surface area contributed by atoms with Crippen molar-refractivity contribution in [3.8, 4) is 6.07 Å². The quantitative estimate of drug-likeness (QED) is 0.436. The molecule has 1 amide bonds. The van der Waals surface area contributed by atoms with E-state index in [2.05, 4.69) is 16.4 Å². The predicted molar refractivity (Wildman–Crippen MR) is 130 cm³/mol. The van der Waals surface area contributed by atoms with E-state index in [9.17, 15) is 18.5 Å². The third kappa shape index (κ3) is 4.31. The summed E-state index contributed by atoms with van der Waals surface area (Å²) in [6.45, 7) is 0.270. The maximum Gasteiger partial charge on any atom is 0.253 e. The molecule has 8 heteroatoms. The second-order valence-electron chi connectivity index (χ2n) is 8.87. The van der Waals surface area contributed by atoms with E-state index in [0.29, 0.717) is 5.56 Å². The minimum absolute atomic E-state index is 0.182. The lowest BCUT2D eigenvalue weighted by atomic mass is 9.80. The largest absolute Gasteiger partial charge is 0.348 e. The maximum absolute atomic E-state index is 13.1. The van der Waals surface area contributed by atoms with Crippen LogP contribution in [0.1, 0.15) is 47.2 Å². The van der Waals surface area contributed by atoms with Crippen LogP contribution in [0.3, 0.4) is 0 Å². The molecule has 7 nitrogen and oxygen atoms in total. The lowest BCUT2D eigenvalue weighted by Gasteiger charge is -2.20. The summed E-state index contributed by atoms with van der Waals surface area (Å²) in [6, 6.07) is 19.1. The van der Waals surface area contributed by atoms with Crippen molar-refractivity contribution in [3.05, 3.63) is 95.9 Å². The van der Waals surface area contributed by atoms with Crippen molar-refractivity contribution in [1.29, 1.82) is 5.26 Å². The molecule has 0 saturated heterocycles. The summed E-state index contributed by atoms with van der Waals surface area (Å²) in [5.41, 5.74) is 2.44. The lowest BCUT2D eigenvalue weighted by Crippen LogP contribution is -2.23. The Morgan fingerprint density at radius 3 is 2.31 bits per heavy atom. The monoisotopic (exact) mass is 484 g/mol. The standard InChI is InChI=1S/C27H24N4O3S/c28-19-27(13-1-2-14-27)22-6-10-24(11-7-22)35(33,34)23-8-3-20(4-9-23)17-30-26(32)21-5-12-25-29-15-16-31(25)18-21/h3-12,15-16,18H,1-2,13-14,17H2,(H,30,32). The molecule has 1 N–H and O–H groups in total. The van der Waals surface area contributed by atoms with Gasteiger partial charge in [0.05, 0.1) is 26.8 Å². The first-order valence-corrected chi connectivity index (χ1v) is 13.0. The first kappa shape index (κ1) is 22.8. The van der Waals surface area contributed by atoms with Gasteiger partial charge in [0.1, 0.15) is 5.65 Å². The molecule has 0 aliphatic heterocycles. The average Bonchev–Trinajstić information content (AvgIpc) is 3.57. The number of hydrogen-bond donors (Lipinski definition) is 1. The summed E-state index contributed by atoms with van der Waals surface area (Å²) >= 11 is 0. The number of nitrogens with zero attached hydrogens (tertiary/aromatic N) is 3. The molecule has 2 aromatic heterocycles. The lowest BCUT2D eigenvalue weighted by molar-refractivity contribution is 0.0950. The van der Waals surface area contributed by atoms with Crippen molar-refractivity contribution < 1.29 is 13.2 Å². The first-order chi connectivity index (χ1) is 16.9. The zero-order valence-corrected chi connectivity index (χ0v) is 19.8. The van der Waals surface area contributed by atoms with Crippen LogP contribution >= 0.6 is 0 Å². The molecule has 0 unspecified atom stereocenters. The Bertz CT molecular complexity index is 1530. The second kappa shape index (κ2) is 9.01. The number of benzene rings is 2. The van der Waals surface area contributed by atoms with Crippen LogP contribution in [-0.4, -0.2) is 23.7 Å². The Morgan fingerprint density at radius 2 is 1.66 bits per heavy atom. The summed E-state index contributed by atoms with van der Waals surface area (Å²) < 4.78 is 28.0. The normalized spacial score (nSPS) is 15.1. The Kier molecular flexibility index (Phi) is 5.87. The minimum Gasteiger partial charge on any atom is -0.348 e. The zero-order chi connectivity index (χ0) is 24.5. The number of pyridine rings is 1. The fourth-order valence-electron chi connectivity index (χ4n) is 4.66. The minimum atomic E-state index is -3.69. The van der Waals surface area contributed by atoms with Gasteiger partial charge < -0.3 is 9.72 Å². The van der Waals surface area contributed by atoms with E-state index in [1.165, 1.54) is 0 Å². The smallest absolute Gasteiger partial charge is 0.253 e. The van der Waals surface area contributed by atoms with Crippen molar-refractivity contribution >= 4 is 21.4 Å². The summed E-state index contributed by atoms with van der Waals surface area (Å²) in [4.78, 5) is 17.0. The SMILES string of the molecule is N#CC1(c2ccc(S(=O)(=O)c3ccc(CNC(=O)c4ccc5nccn5c4)cc3)cc2)CCCC1. The molecule has 1 aliphatic carbocycles. The highest BCUT2D eigenvalue weighted by atomic mass is 32.2. The Labute approximate surface area is 204 Å². The van der Waals surface area contributed by atoms with Gasteiger partial charge in [-0.05, 0) is 60.4 Å². The first-order valence-electron chi connectivity index (χ1n) is 11.5. The Balaban J connectivity index is 1.27. The van der Waals surface area contributed by atoms with E-state index in [1.54, 1.807) is 83.7 Å². The predicted octanol–water partition coefficient (Wildman–Crippen LogP) is 4.43. The molecule has 1 aliphatic rings. The molecule has 35 heavy (non-hydrogen) atoms. The number of amides is 1. The highest BCUT2D eigenvalue weighted by Crippen LogP contribution is 2.40. The Morgan fingerprint density at radius 1 is 1.00 bits per heavy atom. The van der Waals surface area contributed by atoms with E-state index >= 15 is 0 Å². The molecule has 2 heterocycles. The highest BCUT2D eigenvalue weighted by Gasteiger charge is 2.35. The fourth-order valence-corrected chi connectivity index (χ4v) is 5.92. The van der Waals surface area contributed by atoms with Crippen LogP contribution in [0, 0.1) is 11.3 Å². The van der Waals surface area contributed by atoms with Crippen molar-refractivity contribution in [2.24, 2.45) is 0 Å². The topological polar surface area (TPSA) is 104 Å². The van der Waals surface area contributed by atoms with E-state index < -0.39 is 15.3 Å². The van der Waals surface area contributed by atoms with Crippen molar-refractivity contribution in [1.82, 2.24) is 14.7 Å². The molecule has 0 bridgehead atoms. The number of carbonyl (C=O) groups is 1. The van der Waals surface area contributed by atoms with Gasteiger partial charge in [0.25, 0.3) is 5.91 Å². The van der Waals surface area contributed by atoms with Gasteiger partial charge in [0, 0.05) is 25.1 Å². The van der Waals surface area contributed by atoms with Gasteiger partial charge >= 0.3 is 0 Å². The third-order valence-corrected chi connectivity index (χ3v) is 8.51. The summed E-state index contributed by atoms with van der Waals surface area (Å²) in [6.07, 6.45) is 8.80. The van der Waals surface area contributed by atoms with Crippen LogP contribution in [-0.2, 0) is 21.8 Å². The molecule has 0 radical (unpaired) electrons. The third-order valence-electron chi connectivity index (χ3n) is 6.73. The molecule has 176 valence electrons. The maximum atomic E-state index is 13.1. The Hall–Kier alpha value is -3.96. The van der Waals surface area contributed by atoms with Crippen LogP contribution in [0.15, 0.2) is 89.0 Å². The number of sulfone groups is 1. The molecular formula is C27H24N4O3S. The number of rotatable bonds is 6. The van der Waals surface area contributed by atoms with E-state index in [4.69, 9.17) is 0 Å². The fraction of sp³-hybridized carbons (Fsp3) is 0.222. The number of nitrogens with one attached hydrogen (secondary N) is 1. The van der Waals surface area contributed by atoms with Crippen molar-refractivity contribution in [2.75, 3.05) is 0 Å². The van der Waals surface area contributed by atoms with E-state index in [1.807, 2.05) is 0 Å². The molecular weight excluding hydrogens is 460 g/mol. The van der Waals surface area contributed by atoms with Crippen molar-refractivity contribution in [3.63, 3.8) is 0 Å². The van der Waals surface area contributed by atoms with Crippen molar-refractivity contribution in [2.45, 2.75) is 47.4 Å². The average molecular weight is 485 g/mol. The van der Waals surface area contributed by atoms with Crippen LogP contribution in [0.2, 0.25) is 0 Å². The second-order valence-corrected chi connectivity index (χ2v) is 10.8. The number of aromatic nitrogens is 2. The van der Waals surface area contributed by atoms with Crippen LogP contribution in [0.5, 0.6) is 0 Å². The summed E-state index contributed by atoms with van der Waals surface area (Å²) in [7, 11) is -3.69. The number of hydrogen-bond acceptors (Lipinski definition) is 5. The van der Waals surface area contributed by atoms with Gasteiger partial charge in [0.2, 0.25) is 9.84 Å². The van der Waals surface area contributed by atoms with Crippen LogP contribution in [0.25, 0.3) is 5.65 Å². The van der Waals surface area contributed by atoms with Crippen LogP contribution in [0.4, 0.5) is 0 Å². The van der Waals surface area contributed by atoms with E-state index in [-0.39, 0.29) is 22.2 Å². The molecule has 0 atom stereocenters. The molecule has 1 saturated carbocycles. The molecule has 1 fully saturated rings. The van der Waals surface area contributed by atoms with Gasteiger partial charge in [-0.2, -0.15) is 5.26 Å². The summed E-state index contributed by atoms with van der Waals surface area (Å²) in [5, 5.41) is 12.5.